The first kappa shape index (κ1) is 23.0. The predicted molar refractivity (Wildman–Crippen MR) is 113 cm³/mol. The van der Waals surface area contributed by atoms with Crippen LogP contribution in [0.15, 0.2) is 10.6 Å². The summed E-state index contributed by atoms with van der Waals surface area (Å²) in [6, 6.07) is -1.61. The molecule has 4 aliphatic rings. The Morgan fingerprint density at radius 2 is 1.91 bits per heavy atom. The number of aliphatic hydroxyl groups excluding tert-OH is 1. The molecule has 4 rings (SSSR count). The van der Waals surface area contributed by atoms with Crippen LogP contribution in [0.1, 0.15) is 20.3 Å². The van der Waals surface area contributed by atoms with Crippen LogP contribution in [0.5, 0.6) is 0 Å². The van der Waals surface area contributed by atoms with Gasteiger partial charge in [-0.25, -0.2) is 4.79 Å². The van der Waals surface area contributed by atoms with Crippen molar-refractivity contribution < 1.29 is 34.5 Å². The Morgan fingerprint density at radius 1 is 1.19 bits per heavy atom. The van der Waals surface area contributed by atoms with Crippen molar-refractivity contribution in [3.05, 3.63) is 10.6 Å². The molecule has 4 aliphatic heterocycles. The molecule has 32 heavy (non-hydrogen) atoms. The molecule has 7 atom stereocenters. The normalized spacial score (nSPS) is 35.5. The lowest BCUT2D eigenvalue weighted by molar-refractivity contribution is -0.163. The van der Waals surface area contributed by atoms with Crippen LogP contribution < -0.4 is 10.6 Å². The number of carbonyl (C=O) groups is 4. The maximum Gasteiger partial charge on any atom is 0.353 e. The van der Waals surface area contributed by atoms with E-state index in [1.165, 1.54) is 16.7 Å². The molecule has 0 aromatic carbocycles. The highest BCUT2D eigenvalue weighted by Crippen LogP contribution is 2.51. The van der Waals surface area contributed by atoms with Gasteiger partial charge in [-0.1, -0.05) is 6.92 Å². The van der Waals surface area contributed by atoms with E-state index >= 15 is 0 Å². The van der Waals surface area contributed by atoms with Gasteiger partial charge in [0.15, 0.2) is 0 Å². The van der Waals surface area contributed by atoms with Crippen LogP contribution >= 0.6 is 11.8 Å². The second-order valence-corrected chi connectivity index (χ2v) is 10.2. The van der Waals surface area contributed by atoms with E-state index < -0.39 is 36.0 Å². The molecule has 0 aromatic heterocycles. The number of amides is 2. The lowest BCUT2D eigenvalue weighted by Gasteiger charge is -2.46. The highest BCUT2D eigenvalue weighted by atomic mass is 32.2. The highest BCUT2D eigenvalue weighted by molar-refractivity contribution is 8.03. The minimum Gasteiger partial charge on any atom is -0.480 e. The third-order valence-electron chi connectivity index (χ3n) is 6.78. The van der Waals surface area contributed by atoms with Crippen molar-refractivity contribution >= 4 is 35.5 Å². The van der Waals surface area contributed by atoms with Gasteiger partial charge >= 0.3 is 11.9 Å². The second-order valence-electron chi connectivity index (χ2n) is 8.84. The Hall–Kier alpha value is -2.15. The molecule has 0 radical (unpaired) electrons. The van der Waals surface area contributed by atoms with Gasteiger partial charge in [0.05, 0.1) is 24.1 Å². The van der Waals surface area contributed by atoms with Gasteiger partial charge in [-0.05, 0) is 13.3 Å². The molecule has 11 nitrogen and oxygen atoms in total. The van der Waals surface area contributed by atoms with Gasteiger partial charge in [-0.3, -0.25) is 14.4 Å². The number of hydrogen-bond acceptors (Lipinski definition) is 8. The average molecular weight is 469 g/mol. The molecule has 12 heteroatoms. The third-order valence-corrected chi connectivity index (χ3v) is 8.29. The smallest absolute Gasteiger partial charge is 0.353 e. The molecule has 3 saturated heterocycles. The van der Waals surface area contributed by atoms with Gasteiger partial charge < -0.3 is 35.8 Å². The van der Waals surface area contributed by atoms with Crippen LogP contribution in [0.4, 0.5) is 0 Å². The van der Waals surface area contributed by atoms with E-state index in [-0.39, 0.29) is 41.3 Å². The molecule has 3 fully saturated rings. The standard InChI is InChI=1S/C20H28N4O7S/c1-8-14-13(9(2)25)18(27)24(14)15(20(30)31)16(8)32-10-5-11(22-6-10)17(26)23-4-3-21-12(7-23)19(28)29/h8-14,21-22,25H,3-7H2,1-2H3,(H,28,29)(H,30,31)/t8-,9-,10+,11+,12?,13-,14-/m1/s1. The number of β-lactam (4-membered cyclic amide) rings is 1. The molecule has 0 aliphatic carbocycles. The SMILES string of the molecule is C[C@@H](O)[C@H]1C(=O)N2C(C(=O)O)=C(S[C@@H]3CN[C@H](C(=O)N4CCNC(C(=O)O)C4)C3)[C@H](C)[C@H]12. The molecule has 0 aromatic rings. The van der Waals surface area contributed by atoms with E-state index in [2.05, 4.69) is 10.6 Å². The number of thioether (sulfide) groups is 1. The molecule has 5 N–H and O–H groups in total. The monoisotopic (exact) mass is 468 g/mol. The highest BCUT2D eigenvalue weighted by Gasteiger charge is 2.60. The van der Waals surface area contributed by atoms with Gasteiger partial charge in [0.1, 0.15) is 11.7 Å². The van der Waals surface area contributed by atoms with Crippen molar-refractivity contribution in [2.45, 2.75) is 49.7 Å². The van der Waals surface area contributed by atoms with Gasteiger partial charge in [0, 0.05) is 42.3 Å². The minimum atomic E-state index is -1.17. The lowest BCUT2D eigenvalue weighted by atomic mass is 9.79. The van der Waals surface area contributed by atoms with E-state index in [4.69, 9.17) is 0 Å². The van der Waals surface area contributed by atoms with Gasteiger partial charge in [-0.2, -0.15) is 0 Å². The summed E-state index contributed by atoms with van der Waals surface area (Å²) in [5.41, 5.74) is -0.0180. The maximum atomic E-state index is 12.9. The number of nitrogens with one attached hydrogen (secondary N) is 2. The molecule has 2 amide bonds. The number of nitrogens with zero attached hydrogens (tertiary/aromatic N) is 2. The first-order valence-electron chi connectivity index (χ1n) is 10.8. The number of carbonyl (C=O) groups excluding carboxylic acids is 2. The summed E-state index contributed by atoms with van der Waals surface area (Å²) in [5, 5.41) is 34.9. The van der Waals surface area contributed by atoms with Gasteiger partial charge in [0.25, 0.3) is 0 Å². The Balaban J connectivity index is 1.43. The Morgan fingerprint density at radius 3 is 2.53 bits per heavy atom. The van der Waals surface area contributed by atoms with Gasteiger partial charge in [-0.15, -0.1) is 11.8 Å². The molecular formula is C20H28N4O7S. The second kappa shape index (κ2) is 8.65. The first-order chi connectivity index (χ1) is 15.1. The Labute approximate surface area is 189 Å². The number of hydrogen-bond donors (Lipinski definition) is 5. The summed E-state index contributed by atoms with van der Waals surface area (Å²) in [5.74, 6) is -3.51. The van der Waals surface area contributed by atoms with E-state index in [1.807, 2.05) is 6.92 Å². The fourth-order valence-electron chi connectivity index (χ4n) is 5.18. The van der Waals surface area contributed by atoms with Crippen LogP contribution in [0.2, 0.25) is 0 Å². The zero-order valence-electron chi connectivity index (χ0n) is 17.9. The number of fused-ring (bicyclic) bond motifs is 1. The summed E-state index contributed by atoms with van der Waals surface area (Å²) in [6.07, 6.45) is -0.374. The quantitative estimate of drug-likeness (QED) is 0.290. The Bertz CT molecular complexity index is 878. The van der Waals surface area contributed by atoms with Crippen LogP contribution in [0.3, 0.4) is 0 Å². The molecular weight excluding hydrogens is 440 g/mol. The lowest BCUT2D eigenvalue weighted by Crippen LogP contribution is -2.63. The number of aliphatic hydroxyl groups is 1. The molecule has 0 bridgehead atoms. The number of piperazine rings is 1. The van der Waals surface area contributed by atoms with Crippen molar-refractivity contribution in [1.29, 1.82) is 0 Å². The zero-order chi connectivity index (χ0) is 23.3. The summed E-state index contributed by atoms with van der Waals surface area (Å²) >= 11 is 1.38. The minimum absolute atomic E-state index is 0.0180. The maximum absolute atomic E-state index is 12.9. The summed E-state index contributed by atoms with van der Waals surface area (Å²) in [7, 11) is 0. The van der Waals surface area contributed by atoms with Crippen LogP contribution in [0.25, 0.3) is 0 Å². The van der Waals surface area contributed by atoms with Crippen molar-refractivity contribution in [1.82, 2.24) is 20.4 Å². The van der Waals surface area contributed by atoms with Gasteiger partial charge in [0.2, 0.25) is 11.8 Å². The summed E-state index contributed by atoms with van der Waals surface area (Å²) in [6.45, 7) is 4.86. The summed E-state index contributed by atoms with van der Waals surface area (Å²) in [4.78, 5) is 52.0. The van der Waals surface area contributed by atoms with Crippen molar-refractivity contribution in [3.8, 4) is 0 Å². The average Bonchev–Trinajstić information content (AvgIpc) is 3.29. The molecule has 0 saturated carbocycles. The third kappa shape index (κ3) is 3.78. The Kier molecular flexibility index (Phi) is 6.23. The van der Waals surface area contributed by atoms with Crippen molar-refractivity contribution in [2.75, 3.05) is 26.2 Å². The van der Waals surface area contributed by atoms with E-state index in [0.29, 0.717) is 31.0 Å². The van der Waals surface area contributed by atoms with Crippen LogP contribution in [-0.2, 0) is 19.2 Å². The van der Waals surface area contributed by atoms with E-state index in [9.17, 15) is 34.5 Å². The first-order valence-corrected chi connectivity index (χ1v) is 11.6. The molecule has 1 unspecified atom stereocenters. The number of rotatable bonds is 6. The number of carboxylic acid groups (broad SMARTS) is 2. The number of aliphatic carboxylic acids is 2. The molecule has 0 spiro atoms. The topological polar surface area (TPSA) is 160 Å². The fourth-order valence-corrected chi connectivity index (χ4v) is 6.65. The van der Waals surface area contributed by atoms with Crippen LogP contribution in [-0.4, -0.2) is 105 Å². The van der Waals surface area contributed by atoms with Crippen LogP contribution in [0, 0.1) is 11.8 Å². The van der Waals surface area contributed by atoms with Crippen molar-refractivity contribution in [3.63, 3.8) is 0 Å². The predicted octanol–water partition coefficient (Wildman–Crippen LogP) is -1.51. The van der Waals surface area contributed by atoms with Crippen molar-refractivity contribution in [2.24, 2.45) is 11.8 Å². The fraction of sp³-hybridized carbons (Fsp3) is 0.700. The molecule has 176 valence electrons. The van der Waals surface area contributed by atoms with E-state index in [1.54, 1.807) is 11.8 Å². The number of carboxylic acids is 2. The zero-order valence-corrected chi connectivity index (χ0v) is 18.7. The molecule has 4 heterocycles. The van der Waals surface area contributed by atoms with E-state index in [0.717, 1.165) is 0 Å². The largest absolute Gasteiger partial charge is 0.480 e. The summed E-state index contributed by atoms with van der Waals surface area (Å²) < 4.78 is 0.